The third-order valence-electron chi connectivity index (χ3n) is 3.66. The lowest BCUT2D eigenvalue weighted by molar-refractivity contribution is 0.740. The maximum Gasteiger partial charge on any atom is 0.252 e. The molecule has 1 heterocycles. The minimum Gasteiger partial charge on any atom is -0.363 e. The van der Waals surface area contributed by atoms with E-state index in [0.29, 0.717) is 11.7 Å². The fraction of sp³-hybridized carbons (Fsp3) is 0.375. The van der Waals surface area contributed by atoms with Crippen molar-refractivity contribution in [1.29, 1.82) is 0 Å². The van der Waals surface area contributed by atoms with Crippen LogP contribution >= 0.6 is 0 Å². The zero-order valence-corrected chi connectivity index (χ0v) is 11.6. The second-order valence-electron chi connectivity index (χ2n) is 5.31. The summed E-state index contributed by atoms with van der Waals surface area (Å²) in [5, 5.41) is 3.38. The van der Waals surface area contributed by atoms with Crippen LogP contribution in [0, 0.1) is 0 Å². The number of nitrogens with zero attached hydrogens (tertiary/aromatic N) is 1. The Labute approximate surface area is 118 Å². The van der Waals surface area contributed by atoms with E-state index in [4.69, 9.17) is 0 Å². The van der Waals surface area contributed by atoms with Gasteiger partial charge in [0.2, 0.25) is 0 Å². The summed E-state index contributed by atoms with van der Waals surface area (Å²) in [4.78, 5) is 19.1. The molecule has 20 heavy (non-hydrogen) atoms. The van der Waals surface area contributed by atoms with Crippen LogP contribution in [0.1, 0.15) is 49.5 Å². The van der Waals surface area contributed by atoms with Crippen molar-refractivity contribution < 1.29 is 0 Å². The molecule has 1 aromatic carbocycles. The highest BCUT2D eigenvalue weighted by Crippen LogP contribution is 2.37. The van der Waals surface area contributed by atoms with E-state index in [1.165, 1.54) is 11.6 Å². The monoisotopic (exact) mass is 269 g/mol. The predicted molar refractivity (Wildman–Crippen MR) is 79.9 cm³/mol. The minimum absolute atomic E-state index is 0.0766. The van der Waals surface area contributed by atoms with Crippen LogP contribution in [0.25, 0.3) is 0 Å². The number of benzene rings is 1. The first-order valence-corrected chi connectivity index (χ1v) is 7.19. The molecule has 1 atom stereocenters. The fourth-order valence-corrected chi connectivity index (χ4v) is 2.39. The van der Waals surface area contributed by atoms with Crippen molar-refractivity contribution in [3.8, 4) is 0 Å². The second kappa shape index (κ2) is 5.49. The molecule has 0 saturated heterocycles. The standard InChI is InChI=1S/C16H19N3O/c1-2-13(11-6-4-3-5-7-11)17-14-10-15(20)19-16(18-14)12-8-9-12/h3-7,10,12-13H,2,8-9H2,1H3,(H2,17,18,19,20). The number of hydrogen-bond donors (Lipinski definition) is 2. The van der Waals surface area contributed by atoms with E-state index >= 15 is 0 Å². The van der Waals surface area contributed by atoms with Gasteiger partial charge in [0.1, 0.15) is 11.6 Å². The van der Waals surface area contributed by atoms with E-state index in [1.807, 2.05) is 18.2 Å². The van der Waals surface area contributed by atoms with Gasteiger partial charge in [-0.3, -0.25) is 4.79 Å². The van der Waals surface area contributed by atoms with Gasteiger partial charge in [-0.15, -0.1) is 0 Å². The Balaban J connectivity index is 1.84. The van der Waals surface area contributed by atoms with Gasteiger partial charge in [-0.1, -0.05) is 37.3 Å². The van der Waals surface area contributed by atoms with Crippen LogP contribution in [-0.4, -0.2) is 9.97 Å². The van der Waals surface area contributed by atoms with E-state index in [9.17, 15) is 4.79 Å². The molecule has 104 valence electrons. The third kappa shape index (κ3) is 2.90. The van der Waals surface area contributed by atoms with E-state index in [1.54, 1.807) is 0 Å². The topological polar surface area (TPSA) is 57.8 Å². The molecule has 0 bridgehead atoms. The maximum atomic E-state index is 11.7. The Morgan fingerprint density at radius 1 is 1.35 bits per heavy atom. The Hall–Kier alpha value is -2.10. The number of anilines is 1. The van der Waals surface area contributed by atoms with Gasteiger partial charge >= 0.3 is 0 Å². The zero-order chi connectivity index (χ0) is 13.9. The number of hydrogen-bond acceptors (Lipinski definition) is 3. The van der Waals surface area contributed by atoms with Crippen molar-refractivity contribution in [3.05, 3.63) is 58.1 Å². The summed E-state index contributed by atoms with van der Waals surface area (Å²) in [6.45, 7) is 2.12. The smallest absolute Gasteiger partial charge is 0.252 e. The zero-order valence-electron chi connectivity index (χ0n) is 11.6. The van der Waals surface area contributed by atoms with Crippen molar-refractivity contribution in [1.82, 2.24) is 9.97 Å². The van der Waals surface area contributed by atoms with Gasteiger partial charge < -0.3 is 10.3 Å². The summed E-state index contributed by atoms with van der Waals surface area (Å²) in [6, 6.07) is 12.0. The Morgan fingerprint density at radius 2 is 2.10 bits per heavy atom. The van der Waals surface area contributed by atoms with E-state index < -0.39 is 0 Å². The molecule has 3 rings (SSSR count). The first-order chi connectivity index (χ1) is 9.76. The Bertz CT molecular complexity index is 632. The molecular formula is C16H19N3O. The highest BCUT2D eigenvalue weighted by molar-refractivity contribution is 5.38. The van der Waals surface area contributed by atoms with Crippen molar-refractivity contribution >= 4 is 5.82 Å². The quantitative estimate of drug-likeness (QED) is 0.876. The molecule has 1 aliphatic rings. The number of H-pyrrole nitrogens is 1. The summed E-state index contributed by atoms with van der Waals surface area (Å²) < 4.78 is 0. The Morgan fingerprint density at radius 3 is 2.75 bits per heavy atom. The van der Waals surface area contributed by atoms with E-state index in [0.717, 1.165) is 25.1 Å². The van der Waals surface area contributed by atoms with Gasteiger partial charge in [-0.2, -0.15) is 0 Å². The van der Waals surface area contributed by atoms with Crippen LogP contribution in [-0.2, 0) is 0 Å². The van der Waals surface area contributed by atoms with Gasteiger partial charge in [-0.05, 0) is 24.8 Å². The highest BCUT2D eigenvalue weighted by atomic mass is 16.1. The molecule has 1 fully saturated rings. The molecule has 0 radical (unpaired) electrons. The molecule has 1 aromatic heterocycles. The lowest BCUT2D eigenvalue weighted by Gasteiger charge is -2.18. The van der Waals surface area contributed by atoms with Crippen molar-refractivity contribution in [3.63, 3.8) is 0 Å². The first-order valence-electron chi connectivity index (χ1n) is 7.19. The minimum atomic E-state index is -0.0766. The van der Waals surface area contributed by atoms with Crippen LogP contribution < -0.4 is 10.9 Å². The molecule has 4 nitrogen and oxygen atoms in total. The van der Waals surface area contributed by atoms with Crippen molar-refractivity contribution in [2.24, 2.45) is 0 Å². The van der Waals surface area contributed by atoms with Crippen LogP contribution in [0.4, 0.5) is 5.82 Å². The van der Waals surface area contributed by atoms with Crippen molar-refractivity contribution in [2.75, 3.05) is 5.32 Å². The average Bonchev–Trinajstić information content (AvgIpc) is 3.30. The van der Waals surface area contributed by atoms with Crippen LogP contribution in [0.5, 0.6) is 0 Å². The van der Waals surface area contributed by atoms with Crippen LogP contribution in [0.2, 0.25) is 0 Å². The maximum absolute atomic E-state index is 11.7. The Kier molecular flexibility index (Phi) is 3.54. The molecule has 1 unspecified atom stereocenters. The SMILES string of the molecule is CCC(Nc1cc(=O)[nH]c(C2CC2)n1)c1ccccc1. The molecule has 1 saturated carbocycles. The molecule has 2 aromatic rings. The lowest BCUT2D eigenvalue weighted by Crippen LogP contribution is -2.16. The molecule has 2 N–H and O–H groups in total. The molecule has 0 amide bonds. The molecular weight excluding hydrogens is 250 g/mol. The van der Waals surface area contributed by atoms with Crippen molar-refractivity contribution in [2.45, 2.75) is 38.1 Å². The summed E-state index contributed by atoms with van der Waals surface area (Å²) in [6.07, 6.45) is 3.20. The highest BCUT2D eigenvalue weighted by Gasteiger charge is 2.26. The van der Waals surface area contributed by atoms with Gasteiger partial charge in [0.25, 0.3) is 5.56 Å². The van der Waals surface area contributed by atoms with Gasteiger partial charge in [0, 0.05) is 12.0 Å². The summed E-state index contributed by atoms with van der Waals surface area (Å²) in [7, 11) is 0. The molecule has 0 aliphatic heterocycles. The summed E-state index contributed by atoms with van der Waals surface area (Å²) >= 11 is 0. The summed E-state index contributed by atoms with van der Waals surface area (Å²) in [5.41, 5.74) is 1.14. The van der Waals surface area contributed by atoms with E-state index in [-0.39, 0.29) is 11.6 Å². The average molecular weight is 269 g/mol. The number of aromatic nitrogens is 2. The molecule has 0 spiro atoms. The van der Waals surface area contributed by atoms with E-state index in [2.05, 4.69) is 34.3 Å². The number of nitrogens with one attached hydrogen (secondary N) is 2. The largest absolute Gasteiger partial charge is 0.363 e. The van der Waals surface area contributed by atoms with Gasteiger partial charge in [0.05, 0.1) is 6.04 Å². The van der Waals surface area contributed by atoms with Gasteiger partial charge in [-0.25, -0.2) is 4.98 Å². The van der Waals surface area contributed by atoms with Crippen LogP contribution in [0.3, 0.4) is 0 Å². The van der Waals surface area contributed by atoms with Crippen LogP contribution in [0.15, 0.2) is 41.2 Å². The predicted octanol–water partition coefficient (Wildman–Crippen LogP) is 3.21. The number of aromatic amines is 1. The molecule has 4 heteroatoms. The lowest BCUT2D eigenvalue weighted by atomic mass is 10.0. The molecule has 1 aliphatic carbocycles. The third-order valence-corrected chi connectivity index (χ3v) is 3.66. The number of rotatable bonds is 5. The first kappa shape index (κ1) is 12.9. The summed E-state index contributed by atoms with van der Waals surface area (Å²) in [5.74, 6) is 1.94. The normalized spacial score (nSPS) is 15.8. The van der Waals surface area contributed by atoms with Gasteiger partial charge in [0.15, 0.2) is 0 Å². The second-order valence-corrected chi connectivity index (χ2v) is 5.31. The fourth-order valence-electron chi connectivity index (χ4n) is 2.39.